The molecule has 0 bridgehead atoms. The van der Waals surface area contributed by atoms with Crippen molar-refractivity contribution in [2.24, 2.45) is 0 Å². The molecule has 0 radical (unpaired) electrons. The van der Waals surface area contributed by atoms with Crippen LogP contribution >= 0.6 is 0 Å². The predicted octanol–water partition coefficient (Wildman–Crippen LogP) is 1.52. The first kappa shape index (κ1) is 16.6. The van der Waals surface area contributed by atoms with Crippen LogP contribution in [0.5, 0.6) is 0 Å². The van der Waals surface area contributed by atoms with Crippen LogP contribution < -0.4 is 0 Å². The van der Waals surface area contributed by atoms with Gasteiger partial charge in [-0.25, -0.2) is 0 Å². The molecule has 1 aromatic rings. The first-order chi connectivity index (χ1) is 10.6. The maximum atomic E-state index is 12.3. The third kappa shape index (κ3) is 3.05. The summed E-state index contributed by atoms with van der Waals surface area (Å²) in [7, 11) is 0. The fraction of sp³-hybridized carbons (Fsp3) is 0.529. The van der Waals surface area contributed by atoms with E-state index in [1.807, 2.05) is 0 Å². The number of likely N-dealkylation sites (N-methyl/N-ethyl adjacent to an activating group) is 1. The number of benzene rings is 1. The van der Waals surface area contributed by atoms with Crippen molar-refractivity contribution < 1.29 is 19.2 Å². The van der Waals surface area contributed by atoms with Gasteiger partial charge in [0.15, 0.2) is 0 Å². The Kier molecular flexibility index (Phi) is 5.32. The molecule has 5 heteroatoms. The molecule has 0 saturated heterocycles. The van der Waals surface area contributed by atoms with Crippen LogP contribution in [0, 0.1) is 0 Å². The lowest BCUT2D eigenvalue weighted by molar-refractivity contribution is -0.925. The van der Waals surface area contributed by atoms with Gasteiger partial charge in [0.25, 0.3) is 11.8 Å². The lowest BCUT2D eigenvalue weighted by Crippen LogP contribution is -2.51. The van der Waals surface area contributed by atoms with Gasteiger partial charge in [-0.2, -0.15) is 0 Å². The Morgan fingerprint density at radius 2 is 1.55 bits per heavy atom. The van der Waals surface area contributed by atoms with Gasteiger partial charge < -0.3 is 9.59 Å². The number of hydrogen-bond acceptors (Lipinski definition) is 3. The fourth-order valence-electron chi connectivity index (χ4n) is 3.19. The molecule has 0 aliphatic carbocycles. The van der Waals surface area contributed by atoms with Crippen molar-refractivity contribution in [2.75, 3.05) is 39.3 Å². The van der Waals surface area contributed by atoms with E-state index in [2.05, 4.69) is 13.8 Å². The molecule has 2 amide bonds. The van der Waals surface area contributed by atoms with Gasteiger partial charge in [-0.05, 0) is 26.0 Å². The molecule has 120 valence electrons. The molecule has 1 N–H and O–H groups in total. The van der Waals surface area contributed by atoms with Crippen LogP contribution in [-0.4, -0.2) is 65.6 Å². The van der Waals surface area contributed by atoms with Gasteiger partial charge in [-0.1, -0.05) is 12.1 Å². The van der Waals surface area contributed by atoms with Crippen LogP contribution in [0.25, 0.3) is 0 Å². The van der Waals surface area contributed by atoms with Crippen molar-refractivity contribution in [3.05, 3.63) is 35.4 Å². The van der Waals surface area contributed by atoms with Gasteiger partial charge in [0, 0.05) is 13.0 Å². The van der Waals surface area contributed by atoms with Gasteiger partial charge in [0.05, 0.1) is 37.4 Å². The maximum absolute atomic E-state index is 12.3. The first-order valence-corrected chi connectivity index (χ1v) is 7.99. The van der Waals surface area contributed by atoms with E-state index in [9.17, 15) is 14.7 Å². The highest BCUT2D eigenvalue weighted by Gasteiger charge is 2.35. The number of hydrogen-bond donors (Lipinski definition) is 1. The normalized spacial score (nSPS) is 14.6. The van der Waals surface area contributed by atoms with E-state index in [0.717, 1.165) is 37.1 Å². The van der Waals surface area contributed by atoms with Crippen LogP contribution in [0.1, 0.15) is 41.0 Å². The van der Waals surface area contributed by atoms with E-state index in [1.54, 1.807) is 24.3 Å². The van der Waals surface area contributed by atoms with Crippen LogP contribution in [0.4, 0.5) is 0 Å². The summed E-state index contributed by atoms with van der Waals surface area (Å²) in [5, 5.41) is 9.24. The molecule has 0 atom stereocenters. The summed E-state index contributed by atoms with van der Waals surface area (Å²) >= 11 is 0. The highest BCUT2D eigenvalue weighted by atomic mass is 16.3. The van der Waals surface area contributed by atoms with Crippen molar-refractivity contribution in [1.82, 2.24) is 4.90 Å². The Morgan fingerprint density at radius 3 is 2.00 bits per heavy atom. The second-order valence-electron chi connectivity index (χ2n) is 5.81. The lowest BCUT2D eigenvalue weighted by atomic mass is 10.1. The van der Waals surface area contributed by atoms with Crippen molar-refractivity contribution in [3.8, 4) is 0 Å². The standard InChI is InChI=1S/C17H25N2O3/c1-3-19(4-2,12-13-20)11-7-10-18-16(21)14-8-5-6-9-15(14)17(18)22/h5-6,8-9,20H,3-4,7,10-13H2,1-2H3/q+1. The largest absolute Gasteiger partial charge is 0.391 e. The topological polar surface area (TPSA) is 57.6 Å². The number of amides is 2. The molecular formula is C17H25N2O3+. The number of aliphatic hydroxyl groups excluding tert-OH is 1. The van der Waals surface area contributed by atoms with E-state index in [4.69, 9.17) is 0 Å². The number of imide groups is 1. The monoisotopic (exact) mass is 305 g/mol. The van der Waals surface area contributed by atoms with E-state index >= 15 is 0 Å². The second-order valence-corrected chi connectivity index (χ2v) is 5.81. The molecule has 1 aliphatic rings. The van der Waals surface area contributed by atoms with Gasteiger partial charge in [0.1, 0.15) is 6.54 Å². The van der Waals surface area contributed by atoms with E-state index < -0.39 is 0 Å². The second kappa shape index (κ2) is 7.03. The molecular weight excluding hydrogens is 280 g/mol. The van der Waals surface area contributed by atoms with Crippen LogP contribution in [0.15, 0.2) is 24.3 Å². The van der Waals surface area contributed by atoms with E-state index in [-0.39, 0.29) is 18.4 Å². The molecule has 1 heterocycles. The Balaban J connectivity index is 1.99. The average molecular weight is 305 g/mol. The SMILES string of the molecule is CC[N+](CC)(CCO)CCCN1C(=O)c2ccccc2C1=O. The molecule has 0 unspecified atom stereocenters. The number of aliphatic hydroxyl groups is 1. The summed E-state index contributed by atoms with van der Waals surface area (Å²) in [5.74, 6) is -0.372. The third-order valence-corrected chi connectivity index (χ3v) is 4.81. The highest BCUT2D eigenvalue weighted by Crippen LogP contribution is 2.22. The predicted molar refractivity (Wildman–Crippen MR) is 84.6 cm³/mol. The smallest absolute Gasteiger partial charge is 0.261 e. The summed E-state index contributed by atoms with van der Waals surface area (Å²) in [6.45, 7) is 8.29. The number of quaternary nitrogens is 1. The summed E-state index contributed by atoms with van der Waals surface area (Å²) in [4.78, 5) is 25.9. The number of rotatable bonds is 8. The highest BCUT2D eigenvalue weighted by molar-refractivity contribution is 6.21. The van der Waals surface area contributed by atoms with E-state index in [1.165, 1.54) is 4.90 Å². The van der Waals surface area contributed by atoms with Crippen LogP contribution in [-0.2, 0) is 0 Å². The van der Waals surface area contributed by atoms with Gasteiger partial charge in [-0.3, -0.25) is 14.5 Å². The number of fused-ring (bicyclic) bond motifs is 1. The molecule has 0 aromatic heterocycles. The lowest BCUT2D eigenvalue weighted by Gasteiger charge is -2.36. The molecule has 1 aromatic carbocycles. The van der Waals surface area contributed by atoms with Crippen molar-refractivity contribution >= 4 is 11.8 Å². The van der Waals surface area contributed by atoms with E-state index in [0.29, 0.717) is 17.7 Å². The molecule has 1 aliphatic heterocycles. The van der Waals surface area contributed by atoms with Gasteiger partial charge >= 0.3 is 0 Å². The van der Waals surface area contributed by atoms with Gasteiger partial charge in [-0.15, -0.1) is 0 Å². The van der Waals surface area contributed by atoms with Crippen molar-refractivity contribution in [3.63, 3.8) is 0 Å². The Bertz CT molecular complexity index is 518. The van der Waals surface area contributed by atoms with Gasteiger partial charge in [0.2, 0.25) is 0 Å². The Hall–Kier alpha value is -1.72. The fourth-order valence-corrected chi connectivity index (χ4v) is 3.19. The summed E-state index contributed by atoms with van der Waals surface area (Å²) in [5.41, 5.74) is 1.02. The average Bonchev–Trinajstić information content (AvgIpc) is 2.79. The quantitative estimate of drug-likeness (QED) is 0.585. The number of carbonyl (C=O) groups is 2. The minimum absolute atomic E-state index is 0.161. The molecule has 0 spiro atoms. The zero-order valence-corrected chi connectivity index (χ0v) is 13.4. The van der Waals surface area contributed by atoms with Crippen molar-refractivity contribution in [1.29, 1.82) is 0 Å². The molecule has 2 rings (SSSR count). The minimum Gasteiger partial charge on any atom is -0.391 e. The molecule has 0 saturated carbocycles. The van der Waals surface area contributed by atoms with Crippen LogP contribution in [0.3, 0.4) is 0 Å². The third-order valence-electron chi connectivity index (χ3n) is 4.81. The number of nitrogens with zero attached hydrogens (tertiary/aromatic N) is 2. The zero-order chi connectivity index (χ0) is 16.2. The van der Waals surface area contributed by atoms with Crippen LogP contribution in [0.2, 0.25) is 0 Å². The first-order valence-electron chi connectivity index (χ1n) is 7.99. The summed E-state index contributed by atoms with van der Waals surface area (Å²) < 4.78 is 0.819. The molecule has 0 fully saturated rings. The summed E-state index contributed by atoms with van der Waals surface area (Å²) in [6.07, 6.45) is 0.757. The molecule has 5 nitrogen and oxygen atoms in total. The number of carbonyl (C=O) groups excluding carboxylic acids is 2. The zero-order valence-electron chi connectivity index (χ0n) is 13.4. The Morgan fingerprint density at radius 1 is 1.00 bits per heavy atom. The Labute approximate surface area is 131 Å². The summed E-state index contributed by atoms with van der Waals surface area (Å²) in [6, 6.07) is 6.98. The van der Waals surface area contributed by atoms with Crippen molar-refractivity contribution in [2.45, 2.75) is 20.3 Å². The maximum Gasteiger partial charge on any atom is 0.261 e. The minimum atomic E-state index is -0.186. The molecule has 22 heavy (non-hydrogen) atoms.